The molecule has 2 rings (SSSR count). The summed E-state index contributed by atoms with van der Waals surface area (Å²) in [5.74, 6) is -2.02. The minimum Gasteiger partial charge on any atom is -0.481 e. The molecule has 2 atom stereocenters. The zero-order chi connectivity index (χ0) is 11.5. The number of rotatable bonds is 4. The van der Waals surface area contributed by atoms with Gasteiger partial charge in [-0.05, 0) is 18.6 Å². The Morgan fingerprint density at radius 3 is 2.88 bits per heavy atom. The summed E-state index contributed by atoms with van der Waals surface area (Å²) in [6.45, 7) is 0.287. The standard InChI is InChI=1S/C10H11N3O3/c14-9(7-4-8(7)10(15)16)11-5-6-2-1-3-12-13-6/h1-3,7-8H,4-5H2,(H,11,14)(H,15,16). The fourth-order valence-corrected chi connectivity index (χ4v) is 1.49. The van der Waals surface area contributed by atoms with E-state index in [1.165, 1.54) is 0 Å². The van der Waals surface area contributed by atoms with Crippen LogP contribution in [-0.2, 0) is 16.1 Å². The Morgan fingerprint density at radius 2 is 2.31 bits per heavy atom. The molecule has 0 spiro atoms. The monoisotopic (exact) mass is 221 g/mol. The third kappa shape index (κ3) is 2.33. The summed E-state index contributed by atoms with van der Waals surface area (Å²) in [7, 11) is 0. The summed E-state index contributed by atoms with van der Waals surface area (Å²) < 4.78 is 0. The number of nitrogens with one attached hydrogen (secondary N) is 1. The molecule has 1 fully saturated rings. The number of aromatic nitrogens is 2. The molecule has 84 valence electrons. The van der Waals surface area contributed by atoms with E-state index in [-0.39, 0.29) is 18.4 Å². The van der Waals surface area contributed by atoms with Gasteiger partial charge in [0.1, 0.15) is 0 Å². The van der Waals surface area contributed by atoms with E-state index in [2.05, 4.69) is 15.5 Å². The number of hydrogen-bond donors (Lipinski definition) is 2. The van der Waals surface area contributed by atoms with E-state index >= 15 is 0 Å². The van der Waals surface area contributed by atoms with E-state index in [1.807, 2.05) is 0 Å². The first-order chi connectivity index (χ1) is 7.68. The molecular formula is C10H11N3O3. The summed E-state index contributed by atoms with van der Waals surface area (Å²) in [6.07, 6.45) is 1.98. The molecule has 6 heteroatoms. The molecule has 2 N–H and O–H groups in total. The van der Waals surface area contributed by atoms with Crippen LogP contribution in [-0.4, -0.2) is 27.2 Å². The second-order valence-electron chi connectivity index (χ2n) is 3.72. The number of carboxylic acid groups (broad SMARTS) is 1. The van der Waals surface area contributed by atoms with Gasteiger partial charge in [-0.15, -0.1) is 0 Å². The maximum absolute atomic E-state index is 11.5. The second kappa shape index (κ2) is 4.26. The minimum atomic E-state index is -0.903. The van der Waals surface area contributed by atoms with Gasteiger partial charge in [0, 0.05) is 6.20 Å². The summed E-state index contributed by atoms with van der Waals surface area (Å²) in [6, 6.07) is 3.47. The lowest BCUT2D eigenvalue weighted by molar-refractivity contribution is -0.140. The van der Waals surface area contributed by atoms with Crippen LogP contribution < -0.4 is 5.32 Å². The van der Waals surface area contributed by atoms with Gasteiger partial charge in [0.15, 0.2) is 0 Å². The van der Waals surface area contributed by atoms with Crippen molar-refractivity contribution in [3.63, 3.8) is 0 Å². The topological polar surface area (TPSA) is 92.2 Å². The van der Waals surface area contributed by atoms with Crippen LogP contribution in [0.15, 0.2) is 18.3 Å². The van der Waals surface area contributed by atoms with Gasteiger partial charge in [0.05, 0.1) is 24.1 Å². The Bertz CT molecular complexity index is 407. The predicted molar refractivity (Wildman–Crippen MR) is 53.1 cm³/mol. The van der Waals surface area contributed by atoms with E-state index in [0.29, 0.717) is 12.1 Å². The van der Waals surface area contributed by atoms with Crippen LogP contribution in [0.2, 0.25) is 0 Å². The molecular weight excluding hydrogens is 210 g/mol. The maximum Gasteiger partial charge on any atom is 0.307 e. The van der Waals surface area contributed by atoms with Crippen molar-refractivity contribution in [1.29, 1.82) is 0 Å². The van der Waals surface area contributed by atoms with E-state index < -0.39 is 11.9 Å². The zero-order valence-corrected chi connectivity index (χ0v) is 8.46. The first-order valence-corrected chi connectivity index (χ1v) is 4.95. The molecule has 0 saturated heterocycles. The first-order valence-electron chi connectivity index (χ1n) is 4.95. The van der Waals surface area contributed by atoms with Crippen molar-refractivity contribution in [2.45, 2.75) is 13.0 Å². The highest BCUT2D eigenvalue weighted by atomic mass is 16.4. The lowest BCUT2D eigenvalue weighted by Crippen LogP contribution is -2.26. The zero-order valence-electron chi connectivity index (χ0n) is 8.46. The molecule has 16 heavy (non-hydrogen) atoms. The van der Waals surface area contributed by atoms with Crippen molar-refractivity contribution >= 4 is 11.9 Å². The molecule has 0 aliphatic heterocycles. The number of carboxylic acids is 1. The normalized spacial score (nSPS) is 22.5. The van der Waals surface area contributed by atoms with Crippen LogP contribution >= 0.6 is 0 Å². The Morgan fingerprint density at radius 1 is 1.50 bits per heavy atom. The summed E-state index contributed by atoms with van der Waals surface area (Å²) in [5, 5.41) is 18.8. The Labute approximate surface area is 91.7 Å². The third-order valence-electron chi connectivity index (χ3n) is 2.52. The van der Waals surface area contributed by atoms with Crippen LogP contribution in [0.1, 0.15) is 12.1 Å². The largest absolute Gasteiger partial charge is 0.481 e. The predicted octanol–water partition coefficient (Wildman–Crippen LogP) is -0.187. The van der Waals surface area contributed by atoms with Crippen LogP contribution in [0.5, 0.6) is 0 Å². The van der Waals surface area contributed by atoms with Gasteiger partial charge in [0.25, 0.3) is 0 Å². The number of carbonyl (C=O) groups excluding carboxylic acids is 1. The van der Waals surface area contributed by atoms with Gasteiger partial charge < -0.3 is 10.4 Å². The van der Waals surface area contributed by atoms with Crippen molar-refractivity contribution in [2.75, 3.05) is 0 Å². The maximum atomic E-state index is 11.5. The summed E-state index contributed by atoms with van der Waals surface area (Å²) >= 11 is 0. The molecule has 1 aliphatic carbocycles. The molecule has 1 aliphatic rings. The number of carbonyl (C=O) groups is 2. The van der Waals surface area contributed by atoms with Crippen LogP contribution in [0, 0.1) is 11.8 Å². The van der Waals surface area contributed by atoms with Gasteiger partial charge in [-0.2, -0.15) is 10.2 Å². The Hall–Kier alpha value is -1.98. The smallest absolute Gasteiger partial charge is 0.307 e. The highest BCUT2D eigenvalue weighted by Crippen LogP contribution is 2.38. The minimum absolute atomic E-state index is 0.224. The summed E-state index contributed by atoms with van der Waals surface area (Å²) in [4.78, 5) is 22.0. The average Bonchev–Trinajstić information content (AvgIpc) is 3.07. The van der Waals surface area contributed by atoms with Gasteiger partial charge in [-0.3, -0.25) is 9.59 Å². The molecule has 0 radical (unpaired) electrons. The van der Waals surface area contributed by atoms with E-state index in [0.717, 1.165) is 0 Å². The third-order valence-corrected chi connectivity index (χ3v) is 2.52. The van der Waals surface area contributed by atoms with Crippen LogP contribution in [0.3, 0.4) is 0 Å². The van der Waals surface area contributed by atoms with Crippen molar-refractivity contribution in [1.82, 2.24) is 15.5 Å². The number of aliphatic carboxylic acids is 1. The van der Waals surface area contributed by atoms with Gasteiger partial charge in [0.2, 0.25) is 5.91 Å². The molecule has 1 aromatic heterocycles. The molecule has 6 nitrogen and oxygen atoms in total. The fraction of sp³-hybridized carbons (Fsp3) is 0.400. The molecule has 0 aromatic carbocycles. The van der Waals surface area contributed by atoms with Crippen molar-refractivity contribution in [3.8, 4) is 0 Å². The highest BCUT2D eigenvalue weighted by Gasteiger charge is 2.48. The van der Waals surface area contributed by atoms with Gasteiger partial charge >= 0.3 is 5.97 Å². The lowest BCUT2D eigenvalue weighted by atomic mass is 10.3. The highest BCUT2D eigenvalue weighted by molar-refractivity contribution is 5.89. The Kier molecular flexibility index (Phi) is 2.80. The molecule has 2 unspecified atom stereocenters. The van der Waals surface area contributed by atoms with Crippen LogP contribution in [0.4, 0.5) is 0 Å². The van der Waals surface area contributed by atoms with E-state index in [1.54, 1.807) is 18.3 Å². The van der Waals surface area contributed by atoms with Crippen LogP contribution in [0.25, 0.3) is 0 Å². The van der Waals surface area contributed by atoms with E-state index in [4.69, 9.17) is 5.11 Å². The second-order valence-corrected chi connectivity index (χ2v) is 3.72. The Balaban J connectivity index is 1.80. The van der Waals surface area contributed by atoms with E-state index in [9.17, 15) is 9.59 Å². The molecule has 1 aromatic rings. The SMILES string of the molecule is O=C(O)C1CC1C(=O)NCc1cccnn1. The number of hydrogen-bond acceptors (Lipinski definition) is 4. The van der Waals surface area contributed by atoms with Gasteiger partial charge in [-0.25, -0.2) is 0 Å². The number of nitrogens with zero attached hydrogens (tertiary/aromatic N) is 2. The van der Waals surface area contributed by atoms with Crippen molar-refractivity contribution < 1.29 is 14.7 Å². The average molecular weight is 221 g/mol. The summed E-state index contributed by atoms with van der Waals surface area (Å²) in [5.41, 5.74) is 0.656. The fourth-order valence-electron chi connectivity index (χ4n) is 1.49. The molecule has 1 amide bonds. The van der Waals surface area contributed by atoms with Crippen molar-refractivity contribution in [3.05, 3.63) is 24.0 Å². The molecule has 0 bridgehead atoms. The van der Waals surface area contributed by atoms with Crippen molar-refractivity contribution in [2.24, 2.45) is 11.8 Å². The van der Waals surface area contributed by atoms with Gasteiger partial charge in [-0.1, -0.05) is 0 Å². The lowest BCUT2D eigenvalue weighted by Gasteiger charge is -2.02. The molecule has 1 saturated carbocycles. The quantitative estimate of drug-likeness (QED) is 0.735. The molecule has 1 heterocycles. The first kappa shape index (κ1) is 10.5. The number of amides is 1.